The van der Waals surface area contributed by atoms with Gasteiger partial charge in [-0.2, -0.15) is 0 Å². The predicted molar refractivity (Wildman–Crippen MR) is 78.3 cm³/mol. The average Bonchev–Trinajstić information content (AvgIpc) is 2.47. The van der Waals surface area contributed by atoms with Gasteiger partial charge in [0.05, 0.1) is 23.8 Å². The number of aromatic nitrogens is 1. The highest BCUT2D eigenvalue weighted by atomic mass is 35.5. The number of nitrogens with zero attached hydrogens (tertiary/aromatic N) is 2. The Morgan fingerprint density at radius 1 is 1.43 bits per heavy atom. The summed E-state index contributed by atoms with van der Waals surface area (Å²) in [7, 11) is 0. The minimum atomic E-state index is -0.618. The summed E-state index contributed by atoms with van der Waals surface area (Å²) in [6.07, 6.45) is 1.42. The van der Waals surface area contributed by atoms with Crippen molar-refractivity contribution in [3.05, 3.63) is 28.5 Å². The molecule has 0 aromatic carbocycles. The molecule has 7 heteroatoms. The van der Waals surface area contributed by atoms with Crippen LogP contribution in [0.15, 0.2) is 12.3 Å². The first kappa shape index (κ1) is 15.7. The van der Waals surface area contributed by atoms with Gasteiger partial charge >= 0.3 is 0 Å². The summed E-state index contributed by atoms with van der Waals surface area (Å²) in [5.41, 5.74) is 0.998. The van der Waals surface area contributed by atoms with Gasteiger partial charge in [-0.15, -0.1) is 0 Å². The molecule has 1 fully saturated rings. The minimum absolute atomic E-state index is 0.122. The third-order valence-corrected chi connectivity index (χ3v) is 3.59. The lowest BCUT2D eigenvalue weighted by Gasteiger charge is -2.29. The van der Waals surface area contributed by atoms with Crippen LogP contribution in [0.2, 0.25) is 5.02 Å². The zero-order chi connectivity index (χ0) is 15.4. The van der Waals surface area contributed by atoms with Crippen molar-refractivity contribution in [2.75, 3.05) is 26.3 Å². The van der Waals surface area contributed by atoms with Crippen molar-refractivity contribution < 1.29 is 14.3 Å². The van der Waals surface area contributed by atoms with E-state index in [1.54, 1.807) is 24.8 Å². The number of halogens is 1. The number of nitrogens with one attached hydrogen (secondary N) is 1. The number of amides is 2. The summed E-state index contributed by atoms with van der Waals surface area (Å²) in [5, 5.41) is 2.98. The highest BCUT2D eigenvalue weighted by molar-refractivity contribution is 6.33. The summed E-state index contributed by atoms with van der Waals surface area (Å²) >= 11 is 6.02. The van der Waals surface area contributed by atoms with Crippen LogP contribution < -0.4 is 5.32 Å². The fraction of sp³-hybridized carbons (Fsp3) is 0.500. The first-order chi connectivity index (χ1) is 9.99. The average molecular weight is 312 g/mol. The number of hydrogen-bond donors (Lipinski definition) is 1. The van der Waals surface area contributed by atoms with Crippen LogP contribution in [-0.4, -0.2) is 54.0 Å². The Hall–Kier alpha value is -1.66. The van der Waals surface area contributed by atoms with Crippen molar-refractivity contribution in [3.8, 4) is 0 Å². The van der Waals surface area contributed by atoms with Gasteiger partial charge < -0.3 is 15.0 Å². The van der Waals surface area contributed by atoms with Crippen molar-refractivity contribution in [2.24, 2.45) is 0 Å². The topological polar surface area (TPSA) is 71.5 Å². The number of morpholine rings is 1. The Labute approximate surface area is 128 Å². The van der Waals surface area contributed by atoms with Gasteiger partial charge in [-0.25, -0.2) is 0 Å². The molecule has 21 heavy (non-hydrogen) atoms. The molecule has 0 bridgehead atoms. The molecule has 2 heterocycles. The minimum Gasteiger partial charge on any atom is -0.378 e. The second-order valence-electron chi connectivity index (χ2n) is 4.94. The van der Waals surface area contributed by atoms with Crippen LogP contribution in [0, 0.1) is 6.92 Å². The molecule has 2 amide bonds. The van der Waals surface area contributed by atoms with E-state index in [0.29, 0.717) is 31.3 Å². The van der Waals surface area contributed by atoms with E-state index in [-0.39, 0.29) is 11.5 Å². The Morgan fingerprint density at radius 3 is 2.71 bits per heavy atom. The zero-order valence-corrected chi connectivity index (χ0v) is 12.8. The number of rotatable bonds is 3. The van der Waals surface area contributed by atoms with Crippen molar-refractivity contribution in [2.45, 2.75) is 19.9 Å². The summed E-state index contributed by atoms with van der Waals surface area (Å²) in [5.74, 6) is -0.524. The van der Waals surface area contributed by atoms with E-state index in [1.165, 1.54) is 6.20 Å². The van der Waals surface area contributed by atoms with Crippen LogP contribution in [0.3, 0.4) is 0 Å². The van der Waals surface area contributed by atoms with Crippen LogP contribution >= 0.6 is 11.6 Å². The van der Waals surface area contributed by atoms with Crippen LogP contribution in [0.4, 0.5) is 0 Å². The molecule has 1 N–H and O–H groups in total. The molecule has 1 aliphatic heterocycles. The lowest BCUT2D eigenvalue weighted by molar-refractivity contribution is -0.136. The third-order valence-electron chi connectivity index (χ3n) is 3.28. The Kier molecular flexibility index (Phi) is 5.14. The first-order valence-electron chi connectivity index (χ1n) is 6.78. The van der Waals surface area contributed by atoms with E-state index in [2.05, 4.69) is 10.3 Å². The monoisotopic (exact) mass is 311 g/mol. The van der Waals surface area contributed by atoms with Crippen LogP contribution in [0.5, 0.6) is 0 Å². The quantitative estimate of drug-likeness (QED) is 0.904. The molecule has 1 aromatic rings. The smallest absolute Gasteiger partial charge is 0.255 e. The molecule has 1 unspecified atom stereocenters. The van der Waals surface area contributed by atoms with Gasteiger partial charge in [-0.05, 0) is 19.9 Å². The van der Waals surface area contributed by atoms with E-state index >= 15 is 0 Å². The van der Waals surface area contributed by atoms with E-state index in [0.717, 1.165) is 5.69 Å². The molecule has 0 spiro atoms. The van der Waals surface area contributed by atoms with Gasteiger partial charge in [0.2, 0.25) is 5.91 Å². The van der Waals surface area contributed by atoms with Crippen molar-refractivity contribution in [3.63, 3.8) is 0 Å². The molecule has 1 aromatic heterocycles. The van der Waals surface area contributed by atoms with E-state index in [9.17, 15) is 9.59 Å². The standard InChI is InChI=1S/C14H18ClN3O3/c1-9-7-12(15)11(8-16-9)13(19)17-10(2)14(20)18-3-5-21-6-4-18/h7-8,10H,3-6H2,1-2H3,(H,17,19). The molecule has 1 saturated heterocycles. The van der Waals surface area contributed by atoms with Gasteiger partial charge in [0.1, 0.15) is 6.04 Å². The fourth-order valence-electron chi connectivity index (χ4n) is 2.09. The van der Waals surface area contributed by atoms with Gasteiger partial charge in [0, 0.05) is 25.0 Å². The highest BCUT2D eigenvalue weighted by Gasteiger charge is 2.24. The van der Waals surface area contributed by atoms with Crippen LogP contribution in [-0.2, 0) is 9.53 Å². The van der Waals surface area contributed by atoms with Crippen molar-refractivity contribution in [1.29, 1.82) is 0 Å². The molecule has 6 nitrogen and oxygen atoms in total. The Bertz CT molecular complexity index is 544. The SMILES string of the molecule is Cc1cc(Cl)c(C(=O)NC(C)C(=O)N2CCOCC2)cn1. The van der Waals surface area contributed by atoms with E-state index in [1.807, 2.05) is 0 Å². The maximum atomic E-state index is 12.2. The summed E-state index contributed by atoms with van der Waals surface area (Å²) < 4.78 is 5.20. The zero-order valence-electron chi connectivity index (χ0n) is 12.1. The molecule has 0 radical (unpaired) electrons. The number of pyridine rings is 1. The highest BCUT2D eigenvalue weighted by Crippen LogP contribution is 2.15. The second-order valence-corrected chi connectivity index (χ2v) is 5.35. The normalized spacial score (nSPS) is 16.4. The summed E-state index contributed by atoms with van der Waals surface area (Å²) in [6.45, 7) is 5.60. The molecule has 1 atom stereocenters. The molecule has 2 rings (SSSR count). The maximum Gasteiger partial charge on any atom is 0.255 e. The van der Waals surface area contributed by atoms with Gasteiger partial charge in [0.15, 0.2) is 0 Å². The largest absolute Gasteiger partial charge is 0.378 e. The number of hydrogen-bond acceptors (Lipinski definition) is 4. The molecular weight excluding hydrogens is 294 g/mol. The lowest BCUT2D eigenvalue weighted by atomic mass is 10.2. The van der Waals surface area contributed by atoms with Crippen molar-refractivity contribution >= 4 is 23.4 Å². The van der Waals surface area contributed by atoms with Gasteiger partial charge in [-0.3, -0.25) is 14.6 Å². The van der Waals surface area contributed by atoms with Crippen LogP contribution in [0.25, 0.3) is 0 Å². The number of carbonyl (C=O) groups is 2. The maximum absolute atomic E-state index is 12.2. The fourth-order valence-corrected chi connectivity index (χ4v) is 2.38. The van der Waals surface area contributed by atoms with Gasteiger partial charge in [-0.1, -0.05) is 11.6 Å². The van der Waals surface area contributed by atoms with E-state index in [4.69, 9.17) is 16.3 Å². The lowest BCUT2D eigenvalue weighted by Crippen LogP contribution is -2.50. The summed E-state index contributed by atoms with van der Waals surface area (Å²) in [6, 6.07) is 0.998. The molecule has 1 aliphatic rings. The third kappa shape index (κ3) is 3.92. The number of aryl methyl sites for hydroxylation is 1. The van der Waals surface area contributed by atoms with Crippen molar-refractivity contribution in [1.82, 2.24) is 15.2 Å². The second kappa shape index (κ2) is 6.87. The Morgan fingerprint density at radius 2 is 2.10 bits per heavy atom. The number of carbonyl (C=O) groups excluding carboxylic acids is 2. The predicted octanol–water partition coefficient (Wildman–Crippen LogP) is 1.02. The molecule has 0 aliphatic carbocycles. The molecule has 114 valence electrons. The first-order valence-corrected chi connectivity index (χ1v) is 7.16. The van der Waals surface area contributed by atoms with E-state index < -0.39 is 11.9 Å². The molecule has 0 saturated carbocycles. The number of ether oxygens (including phenoxy) is 1. The molecular formula is C14H18ClN3O3. The summed E-state index contributed by atoms with van der Waals surface area (Å²) in [4.78, 5) is 30.1. The Balaban J connectivity index is 1.99. The van der Waals surface area contributed by atoms with Crippen LogP contribution in [0.1, 0.15) is 23.0 Å². The van der Waals surface area contributed by atoms with Gasteiger partial charge in [0.25, 0.3) is 5.91 Å².